The molecule has 0 aliphatic carbocycles. The van der Waals surface area contributed by atoms with Crippen molar-refractivity contribution in [2.24, 2.45) is 7.05 Å². The average molecular weight is 182 g/mol. The second-order valence-electron chi connectivity index (χ2n) is 3.21. The summed E-state index contributed by atoms with van der Waals surface area (Å²) in [5, 5.41) is 4.10. The average Bonchev–Trinajstić information content (AvgIpc) is 2.26. The molecule has 0 radical (unpaired) electrons. The minimum Gasteiger partial charge on any atom is -0.475 e. The maximum atomic E-state index is 10.7. The van der Waals surface area contributed by atoms with E-state index in [-0.39, 0.29) is 6.10 Å². The van der Waals surface area contributed by atoms with Crippen molar-refractivity contribution in [2.45, 2.75) is 26.9 Å². The zero-order valence-corrected chi connectivity index (χ0v) is 8.37. The summed E-state index contributed by atoms with van der Waals surface area (Å²) < 4.78 is 7.04. The molecule has 1 heterocycles. The minimum atomic E-state index is 0.0495. The number of hydrogen-bond donors (Lipinski definition) is 0. The molecule has 0 atom stereocenters. The van der Waals surface area contributed by atoms with E-state index in [1.807, 2.05) is 13.8 Å². The van der Waals surface area contributed by atoms with E-state index in [0.29, 0.717) is 17.1 Å². The molecular formula is C9H14N2O2. The topological polar surface area (TPSA) is 44.1 Å². The summed E-state index contributed by atoms with van der Waals surface area (Å²) in [5.41, 5.74) is 1.24. The molecule has 1 aromatic heterocycles. The van der Waals surface area contributed by atoms with Crippen LogP contribution in [-0.2, 0) is 7.05 Å². The Labute approximate surface area is 77.5 Å². The van der Waals surface area contributed by atoms with Gasteiger partial charge in [0.05, 0.1) is 17.4 Å². The van der Waals surface area contributed by atoms with Crippen LogP contribution in [0.5, 0.6) is 5.88 Å². The summed E-state index contributed by atoms with van der Waals surface area (Å²) in [5.74, 6) is 0.544. The Hall–Kier alpha value is -1.32. The summed E-state index contributed by atoms with van der Waals surface area (Å²) >= 11 is 0. The molecule has 1 aromatic rings. The van der Waals surface area contributed by atoms with Gasteiger partial charge in [-0.25, -0.2) is 4.68 Å². The first kappa shape index (κ1) is 9.77. The molecule has 0 aliphatic rings. The molecule has 0 saturated heterocycles. The van der Waals surface area contributed by atoms with Crippen molar-refractivity contribution < 1.29 is 9.53 Å². The predicted octanol–water partition coefficient (Wildman–Crippen LogP) is 1.33. The molecule has 0 bridgehead atoms. The highest BCUT2D eigenvalue weighted by Gasteiger charge is 2.14. The van der Waals surface area contributed by atoms with Crippen molar-refractivity contribution in [3.8, 4) is 5.88 Å². The van der Waals surface area contributed by atoms with Crippen LogP contribution in [0.15, 0.2) is 0 Å². The van der Waals surface area contributed by atoms with Crippen molar-refractivity contribution in [2.75, 3.05) is 0 Å². The van der Waals surface area contributed by atoms with Gasteiger partial charge in [0.2, 0.25) is 5.88 Å². The Balaban J connectivity index is 3.09. The van der Waals surface area contributed by atoms with Crippen LogP contribution in [0.4, 0.5) is 0 Å². The van der Waals surface area contributed by atoms with Gasteiger partial charge >= 0.3 is 0 Å². The maximum Gasteiger partial charge on any atom is 0.222 e. The van der Waals surface area contributed by atoms with Crippen LogP contribution in [-0.4, -0.2) is 22.2 Å². The lowest BCUT2D eigenvalue weighted by Crippen LogP contribution is -2.10. The number of carbonyl (C=O) groups excluding carboxylic acids is 1. The quantitative estimate of drug-likeness (QED) is 0.662. The van der Waals surface area contributed by atoms with Gasteiger partial charge in [-0.2, -0.15) is 5.10 Å². The Morgan fingerprint density at radius 1 is 1.54 bits per heavy atom. The third-order valence-electron chi connectivity index (χ3n) is 1.68. The fourth-order valence-electron chi connectivity index (χ4n) is 1.15. The Kier molecular flexibility index (Phi) is 2.70. The lowest BCUT2D eigenvalue weighted by molar-refractivity contribution is 0.111. The summed E-state index contributed by atoms with van der Waals surface area (Å²) in [6.07, 6.45) is 0.827. The minimum absolute atomic E-state index is 0.0495. The Bertz CT molecular complexity index is 316. The van der Waals surface area contributed by atoms with Crippen LogP contribution in [0.25, 0.3) is 0 Å². The Morgan fingerprint density at radius 2 is 2.15 bits per heavy atom. The number of carbonyl (C=O) groups is 1. The van der Waals surface area contributed by atoms with Crippen molar-refractivity contribution in [1.29, 1.82) is 0 Å². The van der Waals surface area contributed by atoms with Gasteiger partial charge in [-0.3, -0.25) is 4.79 Å². The lowest BCUT2D eigenvalue weighted by atomic mass is 10.3. The van der Waals surface area contributed by atoms with Crippen LogP contribution in [0.1, 0.15) is 29.9 Å². The van der Waals surface area contributed by atoms with Crippen LogP contribution in [0, 0.1) is 6.92 Å². The highest BCUT2D eigenvalue weighted by molar-refractivity contribution is 5.80. The third kappa shape index (κ3) is 1.88. The SMILES string of the molecule is Cc1nn(C)c(OC(C)C)c1C=O. The number of aryl methyl sites for hydroxylation is 2. The normalized spacial score (nSPS) is 10.5. The van der Waals surface area contributed by atoms with Gasteiger partial charge < -0.3 is 4.74 Å². The molecule has 0 amide bonds. The van der Waals surface area contributed by atoms with Gasteiger partial charge in [-0.15, -0.1) is 0 Å². The van der Waals surface area contributed by atoms with Crippen LogP contribution in [0.2, 0.25) is 0 Å². The fourth-order valence-corrected chi connectivity index (χ4v) is 1.15. The molecule has 0 saturated carbocycles. The third-order valence-corrected chi connectivity index (χ3v) is 1.68. The zero-order chi connectivity index (χ0) is 10.0. The lowest BCUT2D eigenvalue weighted by Gasteiger charge is -2.09. The standard InChI is InChI=1S/C9H14N2O2/c1-6(2)13-9-8(5-12)7(3)10-11(9)4/h5-6H,1-4H3. The number of aldehydes is 1. The smallest absolute Gasteiger partial charge is 0.222 e. The van der Waals surface area contributed by atoms with Gasteiger partial charge in [0, 0.05) is 7.05 Å². The number of rotatable bonds is 3. The van der Waals surface area contributed by atoms with Gasteiger partial charge in [0.15, 0.2) is 6.29 Å². The zero-order valence-electron chi connectivity index (χ0n) is 8.37. The van der Waals surface area contributed by atoms with E-state index in [9.17, 15) is 4.79 Å². The van der Waals surface area contributed by atoms with E-state index in [1.165, 1.54) is 0 Å². The van der Waals surface area contributed by atoms with Crippen LogP contribution >= 0.6 is 0 Å². The molecular weight excluding hydrogens is 168 g/mol. The number of ether oxygens (including phenoxy) is 1. The molecule has 4 heteroatoms. The van der Waals surface area contributed by atoms with Crippen LogP contribution in [0.3, 0.4) is 0 Å². The molecule has 4 nitrogen and oxygen atoms in total. The summed E-state index contributed by atoms with van der Waals surface area (Å²) in [6, 6.07) is 0. The first-order valence-corrected chi connectivity index (χ1v) is 4.21. The van der Waals surface area contributed by atoms with Crippen molar-refractivity contribution in [1.82, 2.24) is 9.78 Å². The molecule has 72 valence electrons. The molecule has 0 aromatic carbocycles. The highest BCUT2D eigenvalue weighted by Crippen LogP contribution is 2.19. The van der Waals surface area contributed by atoms with Gasteiger partial charge in [0.25, 0.3) is 0 Å². The largest absolute Gasteiger partial charge is 0.475 e. The second-order valence-corrected chi connectivity index (χ2v) is 3.21. The molecule has 0 N–H and O–H groups in total. The molecule has 0 aliphatic heterocycles. The number of aromatic nitrogens is 2. The van der Waals surface area contributed by atoms with Gasteiger partial charge in [0.1, 0.15) is 0 Å². The first-order chi connectivity index (χ1) is 6.06. The van der Waals surface area contributed by atoms with Gasteiger partial charge in [-0.05, 0) is 20.8 Å². The van der Waals surface area contributed by atoms with Crippen LogP contribution < -0.4 is 4.74 Å². The van der Waals surface area contributed by atoms with E-state index in [1.54, 1.807) is 18.7 Å². The van der Waals surface area contributed by atoms with Crippen molar-refractivity contribution >= 4 is 6.29 Å². The van der Waals surface area contributed by atoms with Crippen molar-refractivity contribution in [3.63, 3.8) is 0 Å². The Morgan fingerprint density at radius 3 is 2.62 bits per heavy atom. The maximum absolute atomic E-state index is 10.7. The summed E-state index contributed by atoms with van der Waals surface area (Å²) in [4.78, 5) is 10.7. The number of nitrogens with zero attached hydrogens (tertiary/aromatic N) is 2. The van der Waals surface area contributed by atoms with Crippen molar-refractivity contribution in [3.05, 3.63) is 11.3 Å². The number of hydrogen-bond acceptors (Lipinski definition) is 3. The fraction of sp³-hybridized carbons (Fsp3) is 0.556. The molecule has 0 unspecified atom stereocenters. The van der Waals surface area contributed by atoms with Gasteiger partial charge in [-0.1, -0.05) is 0 Å². The predicted molar refractivity (Wildman–Crippen MR) is 49.1 cm³/mol. The highest BCUT2D eigenvalue weighted by atomic mass is 16.5. The molecule has 1 rings (SSSR count). The van der Waals surface area contributed by atoms with E-state index < -0.39 is 0 Å². The molecule has 0 spiro atoms. The van der Waals surface area contributed by atoms with E-state index in [0.717, 1.165) is 6.29 Å². The second kappa shape index (κ2) is 3.60. The van der Waals surface area contributed by atoms with E-state index in [4.69, 9.17) is 4.74 Å². The molecule has 13 heavy (non-hydrogen) atoms. The summed E-state index contributed by atoms with van der Waals surface area (Å²) in [6.45, 7) is 5.62. The van der Waals surface area contributed by atoms with E-state index >= 15 is 0 Å². The first-order valence-electron chi connectivity index (χ1n) is 4.21. The monoisotopic (exact) mass is 182 g/mol. The van der Waals surface area contributed by atoms with E-state index in [2.05, 4.69) is 5.10 Å². The molecule has 0 fully saturated rings. The summed E-state index contributed by atoms with van der Waals surface area (Å²) in [7, 11) is 1.76.